The molecule has 5 heteroatoms. The van der Waals surface area contributed by atoms with Gasteiger partial charge in [-0.3, -0.25) is 4.21 Å². The number of fused-ring (bicyclic) bond motifs is 2. The Morgan fingerprint density at radius 1 is 1.25 bits per heavy atom. The van der Waals surface area contributed by atoms with Gasteiger partial charge in [0.05, 0.1) is 12.2 Å². The minimum absolute atomic E-state index is 0.157. The highest BCUT2D eigenvalue weighted by Gasteiger charge is 2.47. The van der Waals surface area contributed by atoms with E-state index in [-0.39, 0.29) is 16.3 Å². The second-order valence-electron chi connectivity index (χ2n) is 5.83. The fourth-order valence-electron chi connectivity index (χ4n) is 3.27. The lowest BCUT2D eigenvalue weighted by Crippen LogP contribution is -2.43. The molecule has 3 nitrogen and oxygen atoms in total. The standard InChI is InChI=1S/C15H19FO3S/c16-11-1-3-12(4-2-11)19-8-7-15(17)9-13-5-6-14(10-15)20(13)18/h1-4,13-14,17H,5-10H2. The van der Waals surface area contributed by atoms with Crippen LogP contribution in [0.5, 0.6) is 5.75 Å². The van der Waals surface area contributed by atoms with Crippen LogP contribution < -0.4 is 4.74 Å². The third kappa shape index (κ3) is 2.88. The van der Waals surface area contributed by atoms with E-state index in [9.17, 15) is 13.7 Å². The molecule has 2 heterocycles. The van der Waals surface area contributed by atoms with E-state index in [4.69, 9.17) is 4.74 Å². The van der Waals surface area contributed by atoms with Crippen molar-refractivity contribution in [1.29, 1.82) is 0 Å². The van der Waals surface area contributed by atoms with Gasteiger partial charge in [0.25, 0.3) is 0 Å². The molecule has 3 rings (SSSR count). The van der Waals surface area contributed by atoms with E-state index in [1.54, 1.807) is 12.1 Å². The highest BCUT2D eigenvalue weighted by atomic mass is 32.2. The number of hydrogen-bond donors (Lipinski definition) is 1. The number of hydrogen-bond acceptors (Lipinski definition) is 3. The van der Waals surface area contributed by atoms with Crippen LogP contribution in [0.3, 0.4) is 0 Å². The van der Waals surface area contributed by atoms with Crippen LogP contribution in [-0.2, 0) is 10.8 Å². The van der Waals surface area contributed by atoms with Gasteiger partial charge in [-0.15, -0.1) is 0 Å². The van der Waals surface area contributed by atoms with E-state index in [0.717, 1.165) is 12.8 Å². The first kappa shape index (κ1) is 14.0. The van der Waals surface area contributed by atoms with E-state index in [1.165, 1.54) is 12.1 Å². The quantitative estimate of drug-likeness (QED) is 0.928. The predicted octanol–water partition coefficient (Wildman–Crippen LogP) is 2.40. The third-order valence-corrected chi connectivity index (χ3v) is 6.45. The van der Waals surface area contributed by atoms with Gasteiger partial charge >= 0.3 is 0 Å². The number of benzene rings is 1. The maximum Gasteiger partial charge on any atom is 0.123 e. The number of ether oxygens (including phenoxy) is 1. The van der Waals surface area contributed by atoms with E-state index in [1.807, 2.05) is 0 Å². The van der Waals surface area contributed by atoms with Gasteiger partial charge in [-0.25, -0.2) is 4.39 Å². The van der Waals surface area contributed by atoms with Crippen LogP contribution in [0.2, 0.25) is 0 Å². The first-order valence-corrected chi connectivity index (χ1v) is 8.33. The van der Waals surface area contributed by atoms with Gasteiger partial charge in [0.2, 0.25) is 0 Å². The molecular formula is C15H19FO3S. The lowest BCUT2D eigenvalue weighted by Gasteiger charge is -2.35. The molecule has 0 amide bonds. The van der Waals surface area contributed by atoms with Gasteiger partial charge in [0.1, 0.15) is 11.6 Å². The van der Waals surface area contributed by atoms with Crippen LogP contribution >= 0.6 is 0 Å². The monoisotopic (exact) mass is 298 g/mol. The van der Waals surface area contributed by atoms with Crippen molar-refractivity contribution in [2.75, 3.05) is 6.61 Å². The summed E-state index contributed by atoms with van der Waals surface area (Å²) in [5.41, 5.74) is -0.750. The number of rotatable bonds is 4. The Bertz CT molecular complexity index is 486. The van der Waals surface area contributed by atoms with Crippen molar-refractivity contribution in [3.63, 3.8) is 0 Å². The van der Waals surface area contributed by atoms with E-state index >= 15 is 0 Å². The van der Waals surface area contributed by atoms with Crippen LogP contribution in [0, 0.1) is 5.82 Å². The van der Waals surface area contributed by atoms with Crippen molar-refractivity contribution in [2.45, 2.75) is 48.2 Å². The molecule has 2 aliphatic rings. The zero-order chi connectivity index (χ0) is 14.2. The average Bonchev–Trinajstić information content (AvgIpc) is 2.64. The van der Waals surface area contributed by atoms with Crippen LogP contribution in [-0.4, -0.2) is 32.0 Å². The molecule has 2 aliphatic heterocycles. The first-order chi connectivity index (χ1) is 9.56. The highest BCUT2D eigenvalue weighted by molar-refractivity contribution is 7.86. The van der Waals surface area contributed by atoms with Gasteiger partial charge in [0, 0.05) is 27.7 Å². The third-order valence-electron chi connectivity index (χ3n) is 4.33. The summed E-state index contributed by atoms with van der Waals surface area (Å²) in [5.74, 6) is 0.319. The van der Waals surface area contributed by atoms with Gasteiger partial charge in [-0.2, -0.15) is 0 Å². The molecule has 0 saturated carbocycles. The van der Waals surface area contributed by atoms with Crippen molar-refractivity contribution >= 4 is 10.8 Å². The molecule has 0 aromatic heterocycles. The van der Waals surface area contributed by atoms with Gasteiger partial charge in [-0.05, 0) is 49.9 Å². The lowest BCUT2D eigenvalue weighted by atomic mass is 9.90. The van der Waals surface area contributed by atoms with Gasteiger partial charge < -0.3 is 9.84 Å². The maximum absolute atomic E-state index is 12.8. The zero-order valence-corrected chi connectivity index (χ0v) is 12.1. The SMILES string of the molecule is O=S1C2CCC1CC(O)(CCOc1ccc(F)cc1)C2. The second kappa shape index (κ2) is 5.45. The first-order valence-electron chi connectivity index (χ1n) is 7.06. The Hall–Kier alpha value is -0.940. The predicted molar refractivity (Wildman–Crippen MR) is 75.6 cm³/mol. The molecule has 2 atom stereocenters. The fraction of sp³-hybridized carbons (Fsp3) is 0.600. The molecule has 1 aromatic carbocycles. The largest absolute Gasteiger partial charge is 0.493 e. The average molecular weight is 298 g/mol. The maximum atomic E-state index is 12.8. The molecule has 20 heavy (non-hydrogen) atoms. The molecular weight excluding hydrogens is 279 g/mol. The number of halogens is 1. The van der Waals surface area contributed by atoms with Crippen molar-refractivity contribution in [3.05, 3.63) is 30.1 Å². The van der Waals surface area contributed by atoms with Crippen LogP contribution in [0.4, 0.5) is 4.39 Å². The fourth-order valence-corrected chi connectivity index (χ4v) is 5.50. The van der Waals surface area contributed by atoms with E-state index in [2.05, 4.69) is 0 Å². The molecule has 1 aromatic rings. The summed E-state index contributed by atoms with van der Waals surface area (Å²) in [6.07, 6.45) is 3.71. The summed E-state index contributed by atoms with van der Waals surface area (Å²) >= 11 is 0. The van der Waals surface area contributed by atoms with Crippen molar-refractivity contribution < 1.29 is 18.4 Å². The summed E-state index contributed by atoms with van der Waals surface area (Å²) in [6.45, 7) is 0.397. The highest BCUT2D eigenvalue weighted by Crippen LogP contribution is 2.42. The zero-order valence-electron chi connectivity index (χ0n) is 11.3. The Morgan fingerprint density at radius 3 is 2.45 bits per heavy atom. The van der Waals surface area contributed by atoms with E-state index < -0.39 is 16.4 Å². The smallest absolute Gasteiger partial charge is 0.123 e. The van der Waals surface area contributed by atoms with Crippen molar-refractivity contribution in [3.8, 4) is 5.75 Å². The molecule has 2 saturated heterocycles. The lowest BCUT2D eigenvalue weighted by molar-refractivity contribution is 0.00309. The summed E-state index contributed by atoms with van der Waals surface area (Å²) in [6, 6.07) is 5.88. The Kier molecular flexibility index (Phi) is 3.82. The second-order valence-corrected chi connectivity index (χ2v) is 7.83. The minimum Gasteiger partial charge on any atom is -0.493 e. The molecule has 1 N–H and O–H groups in total. The summed E-state index contributed by atoms with van der Waals surface area (Å²) in [4.78, 5) is 0. The Labute approximate surface area is 120 Å². The van der Waals surface area contributed by atoms with Crippen LogP contribution in [0.1, 0.15) is 32.1 Å². The van der Waals surface area contributed by atoms with Crippen molar-refractivity contribution in [2.24, 2.45) is 0 Å². The van der Waals surface area contributed by atoms with Crippen LogP contribution in [0.15, 0.2) is 24.3 Å². The summed E-state index contributed by atoms with van der Waals surface area (Å²) in [5, 5.41) is 10.9. The summed E-state index contributed by atoms with van der Waals surface area (Å²) < 4.78 is 30.2. The Morgan fingerprint density at radius 2 is 1.85 bits per heavy atom. The topological polar surface area (TPSA) is 46.5 Å². The van der Waals surface area contributed by atoms with E-state index in [0.29, 0.717) is 31.6 Å². The normalized spacial score (nSPS) is 36.0. The molecule has 2 fully saturated rings. The van der Waals surface area contributed by atoms with Gasteiger partial charge in [-0.1, -0.05) is 0 Å². The molecule has 0 radical (unpaired) electrons. The van der Waals surface area contributed by atoms with Gasteiger partial charge in [0.15, 0.2) is 0 Å². The minimum atomic E-state index is -0.752. The molecule has 110 valence electrons. The number of aliphatic hydroxyl groups is 1. The summed E-state index contributed by atoms with van der Waals surface area (Å²) in [7, 11) is -0.752. The molecule has 0 aliphatic carbocycles. The van der Waals surface area contributed by atoms with Crippen LogP contribution in [0.25, 0.3) is 0 Å². The molecule has 2 bridgehead atoms. The van der Waals surface area contributed by atoms with Crippen molar-refractivity contribution in [1.82, 2.24) is 0 Å². The molecule has 0 spiro atoms. The molecule has 2 unspecified atom stereocenters. The Balaban J connectivity index is 1.53.